The van der Waals surface area contributed by atoms with Gasteiger partial charge in [0.1, 0.15) is 5.82 Å². The van der Waals surface area contributed by atoms with E-state index < -0.39 is 28.6 Å². The van der Waals surface area contributed by atoms with Crippen LogP contribution in [0.1, 0.15) is 5.56 Å². The highest BCUT2D eigenvalue weighted by molar-refractivity contribution is 7.92. The average Bonchev–Trinajstić information content (AvgIpc) is 2.45. The Morgan fingerprint density at radius 3 is 2.46 bits per heavy atom. The number of nitrogens with zero attached hydrogens (tertiary/aromatic N) is 1. The number of benzene rings is 1. The van der Waals surface area contributed by atoms with E-state index in [1.165, 1.54) is 13.0 Å². The van der Waals surface area contributed by atoms with Crippen molar-refractivity contribution in [1.82, 2.24) is 4.98 Å². The number of halogens is 4. The van der Waals surface area contributed by atoms with E-state index in [0.29, 0.717) is 0 Å². The maximum atomic E-state index is 13.0. The zero-order chi connectivity index (χ0) is 18.0. The van der Waals surface area contributed by atoms with Gasteiger partial charge in [0.25, 0.3) is 10.0 Å². The molecule has 10 heteroatoms. The summed E-state index contributed by atoms with van der Waals surface area (Å²) in [5, 5.41) is 0. The van der Waals surface area contributed by atoms with Crippen LogP contribution in [-0.2, 0) is 10.0 Å². The second-order valence-electron chi connectivity index (χ2n) is 4.80. The minimum atomic E-state index is -4.50. The molecule has 0 aliphatic rings. The Labute approximate surface area is 135 Å². The zero-order valence-corrected chi connectivity index (χ0v) is 13.1. The molecule has 2 rings (SSSR count). The van der Waals surface area contributed by atoms with Gasteiger partial charge in [0.2, 0.25) is 5.88 Å². The molecule has 0 aliphatic carbocycles. The Morgan fingerprint density at radius 1 is 1.21 bits per heavy atom. The summed E-state index contributed by atoms with van der Waals surface area (Å²) >= 11 is 0. The van der Waals surface area contributed by atoms with Gasteiger partial charge in [0.05, 0.1) is 16.8 Å². The summed E-state index contributed by atoms with van der Waals surface area (Å²) in [7, 11) is -3.99. The van der Waals surface area contributed by atoms with E-state index in [4.69, 9.17) is 0 Å². The van der Waals surface area contributed by atoms with Gasteiger partial charge in [-0.2, -0.15) is 13.2 Å². The lowest BCUT2D eigenvalue weighted by atomic mass is 10.2. The third kappa shape index (κ3) is 4.82. The lowest BCUT2D eigenvalue weighted by Crippen LogP contribution is -2.19. The summed E-state index contributed by atoms with van der Waals surface area (Å²) in [5.41, 5.74) is 0.235. The van der Waals surface area contributed by atoms with Gasteiger partial charge in [-0.05, 0) is 36.8 Å². The molecular weight excluding hydrogens is 352 g/mol. The molecule has 0 aliphatic heterocycles. The minimum absolute atomic E-state index is 0.0260. The Morgan fingerprint density at radius 2 is 1.92 bits per heavy atom. The van der Waals surface area contributed by atoms with Crippen LogP contribution >= 0.6 is 0 Å². The van der Waals surface area contributed by atoms with Crippen LogP contribution in [0.25, 0.3) is 0 Å². The van der Waals surface area contributed by atoms with Crippen molar-refractivity contribution < 1.29 is 30.7 Å². The van der Waals surface area contributed by atoms with Crippen LogP contribution in [-0.4, -0.2) is 26.2 Å². The molecular formula is C14H12F4N2O3S. The number of pyridine rings is 1. The largest absolute Gasteiger partial charge is 0.468 e. The Bertz CT molecular complexity index is 821. The van der Waals surface area contributed by atoms with E-state index >= 15 is 0 Å². The van der Waals surface area contributed by atoms with Crippen molar-refractivity contribution in [2.75, 3.05) is 11.3 Å². The van der Waals surface area contributed by atoms with Crippen molar-refractivity contribution >= 4 is 15.7 Å². The first kappa shape index (κ1) is 18.0. The van der Waals surface area contributed by atoms with E-state index in [1.807, 2.05) is 0 Å². The number of alkyl halides is 3. The molecule has 0 unspecified atom stereocenters. The molecule has 0 bridgehead atoms. The van der Waals surface area contributed by atoms with Gasteiger partial charge in [-0.1, -0.05) is 0 Å². The monoisotopic (exact) mass is 364 g/mol. The molecule has 0 atom stereocenters. The van der Waals surface area contributed by atoms with E-state index in [-0.39, 0.29) is 22.0 Å². The molecule has 1 aromatic heterocycles. The van der Waals surface area contributed by atoms with Crippen LogP contribution in [0.3, 0.4) is 0 Å². The molecule has 1 N–H and O–H groups in total. The predicted molar refractivity (Wildman–Crippen MR) is 77.7 cm³/mol. The third-order valence-corrected chi connectivity index (χ3v) is 4.34. The van der Waals surface area contributed by atoms with Gasteiger partial charge < -0.3 is 4.74 Å². The second-order valence-corrected chi connectivity index (χ2v) is 6.46. The first-order chi connectivity index (χ1) is 11.1. The smallest absolute Gasteiger partial charge is 0.422 e. The highest BCUT2D eigenvalue weighted by atomic mass is 32.2. The van der Waals surface area contributed by atoms with Gasteiger partial charge in [0, 0.05) is 6.07 Å². The summed E-state index contributed by atoms with van der Waals surface area (Å²) in [6.45, 7) is -0.0657. The number of rotatable bonds is 5. The molecule has 2 aromatic rings. The summed E-state index contributed by atoms with van der Waals surface area (Å²) in [6, 6.07) is 5.49. The third-order valence-electron chi connectivity index (χ3n) is 2.80. The fourth-order valence-corrected chi connectivity index (χ4v) is 3.08. The topological polar surface area (TPSA) is 68.3 Å². The fraction of sp³-hybridized carbons (Fsp3) is 0.214. The van der Waals surface area contributed by atoms with Crippen LogP contribution in [0.2, 0.25) is 0 Å². The minimum Gasteiger partial charge on any atom is -0.468 e. The molecule has 5 nitrogen and oxygen atoms in total. The van der Waals surface area contributed by atoms with Crippen LogP contribution in [0.4, 0.5) is 23.2 Å². The Balaban J connectivity index is 2.12. The Hall–Kier alpha value is -2.36. The first-order valence-corrected chi connectivity index (χ1v) is 8.00. The summed E-state index contributed by atoms with van der Waals surface area (Å²) in [6.07, 6.45) is -3.48. The van der Waals surface area contributed by atoms with Gasteiger partial charge in [-0.3, -0.25) is 4.72 Å². The second kappa shape index (κ2) is 6.63. The molecule has 0 saturated carbocycles. The van der Waals surface area contributed by atoms with E-state index in [1.54, 1.807) is 0 Å². The number of aromatic nitrogens is 1. The van der Waals surface area contributed by atoms with Crippen LogP contribution in [0.5, 0.6) is 5.88 Å². The molecule has 0 radical (unpaired) electrons. The number of nitrogens with one attached hydrogen (secondary N) is 1. The zero-order valence-electron chi connectivity index (χ0n) is 12.3. The maximum absolute atomic E-state index is 13.0. The fourth-order valence-electron chi connectivity index (χ4n) is 1.81. The van der Waals surface area contributed by atoms with Crippen molar-refractivity contribution in [2.24, 2.45) is 0 Å². The van der Waals surface area contributed by atoms with Gasteiger partial charge in [-0.15, -0.1) is 0 Å². The predicted octanol–water partition coefficient (Wildman–Crippen LogP) is 3.27. The average molecular weight is 364 g/mol. The van der Waals surface area contributed by atoms with Crippen LogP contribution in [0.15, 0.2) is 41.4 Å². The lowest BCUT2D eigenvalue weighted by Gasteiger charge is -2.11. The number of ether oxygens (including phenoxy) is 1. The highest BCUT2D eigenvalue weighted by Gasteiger charge is 2.28. The first-order valence-electron chi connectivity index (χ1n) is 6.51. The molecule has 0 amide bonds. The molecule has 1 heterocycles. The Kier molecular flexibility index (Phi) is 4.97. The van der Waals surface area contributed by atoms with Gasteiger partial charge >= 0.3 is 6.18 Å². The maximum Gasteiger partial charge on any atom is 0.422 e. The lowest BCUT2D eigenvalue weighted by molar-refractivity contribution is -0.154. The molecule has 0 fully saturated rings. The molecule has 24 heavy (non-hydrogen) atoms. The van der Waals surface area contributed by atoms with Crippen molar-refractivity contribution in [2.45, 2.75) is 18.0 Å². The number of aryl methyl sites for hydroxylation is 1. The van der Waals surface area contributed by atoms with Crippen LogP contribution < -0.4 is 9.46 Å². The van der Waals surface area contributed by atoms with Gasteiger partial charge in [0.15, 0.2) is 6.61 Å². The molecule has 0 spiro atoms. The number of hydrogen-bond acceptors (Lipinski definition) is 4. The van der Waals surface area contributed by atoms with Crippen molar-refractivity contribution in [1.29, 1.82) is 0 Å². The molecule has 130 valence electrons. The summed E-state index contributed by atoms with van der Waals surface area (Å²) in [5.74, 6) is -0.868. The summed E-state index contributed by atoms with van der Waals surface area (Å²) in [4.78, 5) is 3.46. The number of hydrogen-bond donors (Lipinski definition) is 1. The quantitative estimate of drug-likeness (QED) is 0.827. The van der Waals surface area contributed by atoms with Crippen LogP contribution in [0, 0.1) is 12.7 Å². The SMILES string of the molecule is Cc1cc(F)ccc1S(=O)(=O)Nc1ccc(OCC(F)(F)F)nc1. The highest BCUT2D eigenvalue weighted by Crippen LogP contribution is 2.21. The van der Waals surface area contributed by atoms with E-state index in [0.717, 1.165) is 30.5 Å². The standard InChI is InChI=1S/C14H12F4N2O3S/c1-9-6-10(15)2-4-12(9)24(21,22)20-11-3-5-13(19-7-11)23-8-14(16,17)18/h2-7,20H,8H2,1H3. The number of sulfonamides is 1. The van der Waals surface area contributed by atoms with Gasteiger partial charge in [-0.25, -0.2) is 17.8 Å². The summed E-state index contributed by atoms with van der Waals surface area (Å²) < 4.78 is 80.2. The molecule has 0 saturated heterocycles. The number of anilines is 1. The van der Waals surface area contributed by atoms with Crippen molar-refractivity contribution in [3.8, 4) is 5.88 Å². The normalized spacial score (nSPS) is 12.0. The van der Waals surface area contributed by atoms with Crippen molar-refractivity contribution in [3.63, 3.8) is 0 Å². The van der Waals surface area contributed by atoms with E-state index in [2.05, 4.69) is 14.4 Å². The van der Waals surface area contributed by atoms with E-state index in [9.17, 15) is 26.0 Å². The molecule has 1 aromatic carbocycles. The van der Waals surface area contributed by atoms with Crippen molar-refractivity contribution in [3.05, 3.63) is 47.9 Å².